The molecule has 0 spiro atoms. The average Bonchev–Trinajstić information content (AvgIpc) is 3.27. The minimum Gasteiger partial charge on any atom is -0.391 e. The summed E-state index contributed by atoms with van der Waals surface area (Å²) in [7, 11) is 0. The van der Waals surface area contributed by atoms with Gasteiger partial charge in [-0.1, -0.05) is 45.0 Å². The Kier molecular flexibility index (Phi) is 8.68. The first-order valence-corrected chi connectivity index (χ1v) is 11.8. The Morgan fingerprint density at radius 3 is 2.36 bits per heavy atom. The van der Waals surface area contributed by atoms with Gasteiger partial charge in [0.15, 0.2) is 0 Å². The van der Waals surface area contributed by atoms with Gasteiger partial charge >= 0.3 is 0 Å². The minimum absolute atomic E-state index is 0. The Hall–Kier alpha value is -2.00. The van der Waals surface area contributed by atoms with Crippen LogP contribution in [-0.4, -0.2) is 51.5 Å². The number of aliphatic hydroxyl groups is 1. The van der Waals surface area contributed by atoms with Gasteiger partial charge in [-0.05, 0) is 37.3 Å². The standard InChI is InChI=1S/C24H34N4O3S.ClH/c1-13(16-7-9-17(10-8-16)20-14(2)26-15(3)32-20)27-22(30)19-11-18(29)12-28(19)23(31)21(25)24(4,5)6;/h7-10,13,18-19,21,29H,11-12,25H2,1-6H3,(H,27,30);1H/t13-,18+,19-,21+;/m0./s1. The molecule has 0 radical (unpaired) electrons. The van der Waals surface area contributed by atoms with Crippen LogP contribution in [-0.2, 0) is 9.59 Å². The van der Waals surface area contributed by atoms with Crippen molar-refractivity contribution in [3.05, 3.63) is 40.5 Å². The van der Waals surface area contributed by atoms with Crippen LogP contribution in [0.2, 0.25) is 0 Å². The number of benzene rings is 1. The van der Waals surface area contributed by atoms with Crippen molar-refractivity contribution in [3.63, 3.8) is 0 Å². The van der Waals surface area contributed by atoms with Gasteiger partial charge in [-0.3, -0.25) is 9.59 Å². The summed E-state index contributed by atoms with van der Waals surface area (Å²) in [6.07, 6.45) is -0.521. The van der Waals surface area contributed by atoms with Gasteiger partial charge in [0.1, 0.15) is 6.04 Å². The summed E-state index contributed by atoms with van der Waals surface area (Å²) >= 11 is 1.66. The summed E-state index contributed by atoms with van der Waals surface area (Å²) in [6, 6.07) is 6.35. The Morgan fingerprint density at radius 1 is 1.24 bits per heavy atom. The van der Waals surface area contributed by atoms with E-state index >= 15 is 0 Å². The number of nitrogens with two attached hydrogens (primary N) is 1. The fourth-order valence-corrected chi connectivity index (χ4v) is 4.90. The second kappa shape index (κ2) is 10.5. The lowest BCUT2D eigenvalue weighted by Crippen LogP contribution is -2.55. The molecule has 1 saturated heterocycles. The number of carbonyl (C=O) groups is 2. The van der Waals surface area contributed by atoms with Crippen LogP contribution in [0.15, 0.2) is 24.3 Å². The van der Waals surface area contributed by atoms with E-state index in [4.69, 9.17) is 5.73 Å². The van der Waals surface area contributed by atoms with E-state index in [-0.39, 0.29) is 43.2 Å². The molecule has 1 aromatic carbocycles. The third-order valence-electron chi connectivity index (χ3n) is 6.00. The Bertz CT molecular complexity index is 987. The third-order valence-corrected chi connectivity index (χ3v) is 7.12. The molecule has 7 nitrogen and oxygen atoms in total. The minimum atomic E-state index is -0.744. The van der Waals surface area contributed by atoms with E-state index in [1.807, 2.05) is 65.8 Å². The lowest BCUT2D eigenvalue weighted by Gasteiger charge is -2.32. The van der Waals surface area contributed by atoms with Crippen LogP contribution in [0.4, 0.5) is 0 Å². The van der Waals surface area contributed by atoms with Gasteiger partial charge in [-0.2, -0.15) is 0 Å². The molecule has 0 unspecified atom stereocenters. The first-order chi connectivity index (χ1) is 14.9. The molecule has 1 aliphatic rings. The Labute approximate surface area is 206 Å². The van der Waals surface area contributed by atoms with E-state index in [0.717, 1.165) is 26.7 Å². The molecule has 0 saturated carbocycles. The number of hydrogen-bond donors (Lipinski definition) is 3. The molecule has 0 bridgehead atoms. The van der Waals surface area contributed by atoms with Gasteiger partial charge in [0, 0.05) is 13.0 Å². The van der Waals surface area contributed by atoms with Crippen LogP contribution in [0, 0.1) is 19.3 Å². The number of β-amino-alcohol motifs (C(OH)–C–C–N with tert-alkyl or cyclic N) is 1. The maximum Gasteiger partial charge on any atom is 0.243 e. The van der Waals surface area contributed by atoms with Crippen LogP contribution >= 0.6 is 23.7 Å². The predicted octanol–water partition coefficient (Wildman–Crippen LogP) is 3.36. The lowest BCUT2D eigenvalue weighted by atomic mass is 9.86. The van der Waals surface area contributed by atoms with E-state index in [0.29, 0.717) is 0 Å². The number of nitrogens with zero attached hydrogens (tertiary/aromatic N) is 2. The van der Waals surface area contributed by atoms with E-state index in [1.165, 1.54) is 4.90 Å². The molecule has 1 fully saturated rings. The molecule has 1 aliphatic heterocycles. The number of aromatic nitrogens is 1. The Balaban J connectivity index is 0.00000385. The molecule has 4 atom stereocenters. The van der Waals surface area contributed by atoms with Crippen LogP contribution in [0.1, 0.15) is 56.4 Å². The van der Waals surface area contributed by atoms with Gasteiger partial charge in [-0.25, -0.2) is 4.98 Å². The van der Waals surface area contributed by atoms with Crippen molar-refractivity contribution in [2.75, 3.05) is 6.54 Å². The highest BCUT2D eigenvalue weighted by Crippen LogP contribution is 2.31. The summed E-state index contributed by atoms with van der Waals surface area (Å²) in [4.78, 5) is 33.0. The van der Waals surface area contributed by atoms with Crippen molar-refractivity contribution >= 4 is 35.6 Å². The van der Waals surface area contributed by atoms with Crippen molar-refractivity contribution in [1.82, 2.24) is 15.2 Å². The highest BCUT2D eigenvalue weighted by Gasteiger charge is 2.42. The second-order valence-electron chi connectivity index (χ2n) is 9.74. The number of aryl methyl sites for hydroxylation is 2. The molecule has 4 N–H and O–H groups in total. The lowest BCUT2D eigenvalue weighted by molar-refractivity contribution is -0.141. The maximum absolute atomic E-state index is 13.0. The Morgan fingerprint density at radius 2 is 1.85 bits per heavy atom. The van der Waals surface area contributed by atoms with E-state index < -0.39 is 23.6 Å². The van der Waals surface area contributed by atoms with E-state index in [1.54, 1.807) is 11.3 Å². The monoisotopic (exact) mass is 494 g/mol. The van der Waals surface area contributed by atoms with Gasteiger partial charge in [-0.15, -0.1) is 23.7 Å². The molecule has 0 aliphatic carbocycles. The second-order valence-corrected chi connectivity index (χ2v) is 10.9. The average molecular weight is 495 g/mol. The summed E-state index contributed by atoms with van der Waals surface area (Å²) in [5.74, 6) is -0.581. The number of hydrogen-bond acceptors (Lipinski definition) is 6. The van der Waals surface area contributed by atoms with Crippen LogP contribution in [0.3, 0.4) is 0 Å². The highest BCUT2D eigenvalue weighted by molar-refractivity contribution is 7.15. The van der Waals surface area contributed by atoms with Crippen molar-refractivity contribution in [2.45, 2.75) is 72.2 Å². The van der Waals surface area contributed by atoms with E-state index in [9.17, 15) is 14.7 Å². The zero-order chi connectivity index (χ0) is 23.8. The topological polar surface area (TPSA) is 109 Å². The van der Waals surface area contributed by atoms with Crippen LogP contribution < -0.4 is 11.1 Å². The summed E-state index contributed by atoms with van der Waals surface area (Å²) < 4.78 is 0. The van der Waals surface area contributed by atoms with Crippen molar-refractivity contribution in [2.24, 2.45) is 11.1 Å². The fraction of sp³-hybridized carbons (Fsp3) is 0.542. The largest absolute Gasteiger partial charge is 0.391 e. The first-order valence-electron chi connectivity index (χ1n) is 11.0. The number of aliphatic hydroxyl groups excluding tert-OH is 1. The van der Waals surface area contributed by atoms with Gasteiger partial charge in [0.25, 0.3) is 0 Å². The molecule has 2 heterocycles. The quantitative estimate of drug-likeness (QED) is 0.590. The molecule has 9 heteroatoms. The van der Waals surface area contributed by atoms with Gasteiger partial charge < -0.3 is 21.1 Å². The smallest absolute Gasteiger partial charge is 0.243 e. The van der Waals surface area contributed by atoms with Crippen molar-refractivity contribution in [3.8, 4) is 10.4 Å². The van der Waals surface area contributed by atoms with Gasteiger partial charge in [0.05, 0.1) is 33.8 Å². The SMILES string of the molecule is Cc1nc(C)c(-c2ccc([C@H](C)NC(=O)[C@@H]3C[C@@H](O)CN3C(=O)[C@@H](N)C(C)(C)C)cc2)s1.Cl. The summed E-state index contributed by atoms with van der Waals surface area (Å²) in [6.45, 7) is 11.7. The number of rotatable bonds is 5. The zero-order valence-electron chi connectivity index (χ0n) is 20.1. The highest BCUT2D eigenvalue weighted by atomic mass is 35.5. The van der Waals surface area contributed by atoms with Crippen molar-refractivity contribution in [1.29, 1.82) is 0 Å². The normalized spacial score (nSPS) is 20.2. The van der Waals surface area contributed by atoms with Crippen LogP contribution in [0.25, 0.3) is 10.4 Å². The molecule has 182 valence electrons. The van der Waals surface area contributed by atoms with Gasteiger partial charge in [0.2, 0.25) is 11.8 Å². The molecular weight excluding hydrogens is 460 g/mol. The number of amides is 2. The molecular formula is C24H35ClN4O3S. The van der Waals surface area contributed by atoms with Crippen molar-refractivity contribution < 1.29 is 14.7 Å². The number of halogens is 1. The molecule has 2 aromatic rings. The number of nitrogens with one attached hydrogen (secondary N) is 1. The third kappa shape index (κ3) is 6.12. The molecule has 33 heavy (non-hydrogen) atoms. The van der Waals surface area contributed by atoms with Crippen LogP contribution in [0.5, 0.6) is 0 Å². The summed E-state index contributed by atoms with van der Waals surface area (Å²) in [5.41, 5.74) is 8.78. The number of thiazole rings is 1. The predicted molar refractivity (Wildman–Crippen MR) is 134 cm³/mol. The molecule has 1 aromatic heterocycles. The molecule has 2 amide bonds. The summed E-state index contributed by atoms with van der Waals surface area (Å²) in [5, 5.41) is 14.2. The maximum atomic E-state index is 13.0. The molecule has 3 rings (SSSR count). The first kappa shape index (κ1) is 27.2. The number of carbonyl (C=O) groups excluding carboxylic acids is 2. The zero-order valence-corrected chi connectivity index (χ0v) is 21.7. The number of likely N-dealkylation sites (tertiary alicyclic amines) is 1. The van der Waals surface area contributed by atoms with E-state index in [2.05, 4.69) is 10.3 Å². The fourth-order valence-electron chi connectivity index (χ4n) is 3.97.